The first-order valence-corrected chi connectivity index (χ1v) is 12.7. The van der Waals surface area contributed by atoms with Gasteiger partial charge >= 0.3 is 6.36 Å². The molecular weight excluding hydrogens is 431 g/mol. The van der Waals surface area contributed by atoms with Crippen molar-refractivity contribution >= 4 is 0 Å². The van der Waals surface area contributed by atoms with Crippen molar-refractivity contribution in [1.82, 2.24) is 4.90 Å². The molecule has 1 saturated heterocycles. The summed E-state index contributed by atoms with van der Waals surface area (Å²) in [6.07, 6.45) is 7.13. The van der Waals surface area contributed by atoms with Crippen LogP contribution in [0.5, 0.6) is 0 Å². The number of rotatable bonds is 6. The minimum absolute atomic E-state index is 0.282. The number of halogens is 3. The van der Waals surface area contributed by atoms with Crippen LogP contribution in [0.15, 0.2) is 23.3 Å². The van der Waals surface area contributed by atoms with Gasteiger partial charge in [0.25, 0.3) is 0 Å². The normalized spacial score (nSPS) is 38.3. The number of aliphatic hydroxyl groups excluding tert-OH is 2. The summed E-state index contributed by atoms with van der Waals surface area (Å²) in [5.41, 5.74) is 2.95. The highest BCUT2D eigenvalue weighted by atomic mass is 19.4. The van der Waals surface area contributed by atoms with E-state index in [2.05, 4.69) is 35.6 Å². The van der Waals surface area contributed by atoms with Crippen LogP contribution in [0, 0.1) is 23.2 Å². The van der Waals surface area contributed by atoms with E-state index in [1.165, 1.54) is 31.3 Å². The molecule has 6 atom stereocenters. The van der Waals surface area contributed by atoms with Crippen molar-refractivity contribution in [3.8, 4) is 0 Å². The van der Waals surface area contributed by atoms with E-state index in [9.17, 15) is 23.4 Å². The van der Waals surface area contributed by atoms with Gasteiger partial charge in [0.05, 0.1) is 18.3 Å². The van der Waals surface area contributed by atoms with Crippen molar-refractivity contribution < 1.29 is 28.1 Å². The summed E-state index contributed by atoms with van der Waals surface area (Å²) in [6, 6.07) is 0. The number of fused-ring (bicyclic) bond motifs is 1. The molecule has 4 nitrogen and oxygen atoms in total. The lowest BCUT2D eigenvalue weighted by Crippen LogP contribution is -2.54. The number of likely N-dealkylation sites (tertiary alicyclic amines) is 1. The van der Waals surface area contributed by atoms with Gasteiger partial charge in [-0.15, -0.1) is 13.2 Å². The van der Waals surface area contributed by atoms with Gasteiger partial charge in [0.15, 0.2) is 0 Å². The first-order valence-electron chi connectivity index (χ1n) is 12.7. The summed E-state index contributed by atoms with van der Waals surface area (Å²) in [6.45, 7) is 6.38. The largest absolute Gasteiger partial charge is 0.522 e. The Bertz CT molecular complexity index is 734. The number of ether oxygens (including phenoxy) is 1. The van der Waals surface area contributed by atoms with Gasteiger partial charge in [0, 0.05) is 13.1 Å². The lowest BCUT2D eigenvalue weighted by Gasteiger charge is -2.45. The predicted molar refractivity (Wildman–Crippen MR) is 121 cm³/mol. The molecule has 4 rings (SSSR count). The van der Waals surface area contributed by atoms with Crippen LogP contribution in [0.2, 0.25) is 0 Å². The van der Waals surface area contributed by atoms with Crippen molar-refractivity contribution in [2.24, 2.45) is 23.2 Å². The van der Waals surface area contributed by atoms with E-state index in [0.29, 0.717) is 50.1 Å². The maximum absolute atomic E-state index is 12.3. The van der Waals surface area contributed by atoms with Gasteiger partial charge in [-0.3, -0.25) is 9.64 Å². The fourth-order valence-corrected chi connectivity index (χ4v) is 7.30. The molecule has 0 amide bonds. The molecule has 0 unspecified atom stereocenters. The Labute approximate surface area is 195 Å². The maximum atomic E-state index is 12.3. The second-order valence-corrected chi connectivity index (χ2v) is 11.3. The molecule has 1 heterocycles. The van der Waals surface area contributed by atoms with Crippen LogP contribution in [0.4, 0.5) is 13.2 Å². The van der Waals surface area contributed by atoms with Gasteiger partial charge in [0.2, 0.25) is 0 Å². The Kier molecular flexibility index (Phi) is 7.64. The van der Waals surface area contributed by atoms with Gasteiger partial charge in [-0.1, -0.05) is 37.1 Å². The highest BCUT2D eigenvalue weighted by Gasteiger charge is 2.50. The van der Waals surface area contributed by atoms with Crippen LogP contribution in [-0.4, -0.2) is 59.4 Å². The summed E-state index contributed by atoms with van der Waals surface area (Å²) in [7, 11) is 0. The lowest BCUT2D eigenvalue weighted by atomic mass is 9.61. The Morgan fingerprint density at radius 1 is 1.15 bits per heavy atom. The standard InChI is InChI=1S/C26H40F3NO3/c1-17(9-11-30-15-22(16-30)33-26(27,28)29)23-7-8-24-19(4-3-10-25(23,24)2)6-5-18-12-20(31)14-21(32)13-18/h5-6,17,20-24,31-32H,3-4,7-16H2,1-2H3/b19-6+/t17-,20-,21-,23-,24+,25-/m1/s1. The van der Waals surface area contributed by atoms with E-state index in [1.807, 2.05) is 0 Å². The van der Waals surface area contributed by atoms with E-state index in [0.717, 1.165) is 25.0 Å². The Morgan fingerprint density at radius 2 is 1.85 bits per heavy atom. The molecule has 3 aliphatic carbocycles. The second kappa shape index (κ2) is 10.00. The third kappa shape index (κ3) is 6.03. The van der Waals surface area contributed by atoms with Crippen LogP contribution in [0.1, 0.15) is 71.6 Å². The summed E-state index contributed by atoms with van der Waals surface area (Å²) >= 11 is 0. The van der Waals surface area contributed by atoms with Crippen molar-refractivity contribution in [3.63, 3.8) is 0 Å². The van der Waals surface area contributed by atoms with Gasteiger partial charge in [-0.2, -0.15) is 0 Å². The van der Waals surface area contributed by atoms with Gasteiger partial charge in [0.1, 0.15) is 0 Å². The molecular formula is C26H40F3NO3. The van der Waals surface area contributed by atoms with E-state index in [1.54, 1.807) is 0 Å². The van der Waals surface area contributed by atoms with Gasteiger partial charge in [-0.05, 0) is 87.5 Å². The topological polar surface area (TPSA) is 52.9 Å². The summed E-state index contributed by atoms with van der Waals surface area (Å²) in [4.78, 5) is 2.08. The fourth-order valence-electron chi connectivity index (χ4n) is 7.30. The molecule has 4 aliphatic rings. The zero-order chi connectivity index (χ0) is 23.8. The molecule has 0 aromatic carbocycles. The molecule has 0 spiro atoms. The van der Waals surface area contributed by atoms with Crippen LogP contribution >= 0.6 is 0 Å². The highest BCUT2D eigenvalue weighted by molar-refractivity contribution is 5.26. The lowest BCUT2D eigenvalue weighted by molar-refractivity contribution is -0.354. The number of aliphatic hydroxyl groups is 2. The van der Waals surface area contributed by atoms with E-state index >= 15 is 0 Å². The molecule has 7 heteroatoms. The van der Waals surface area contributed by atoms with Gasteiger partial charge in [-0.25, -0.2) is 0 Å². The summed E-state index contributed by atoms with van der Waals surface area (Å²) in [5, 5.41) is 19.9. The molecule has 0 bridgehead atoms. The van der Waals surface area contributed by atoms with E-state index in [4.69, 9.17) is 0 Å². The fraction of sp³-hybridized carbons (Fsp3) is 0.846. The maximum Gasteiger partial charge on any atom is 0.522 e. The Morgan fingerprint density at radius 3 is 2.52 bits per heavy atom. The number of hydrogen-bond acceptors (Lipinski definition) is 4. The molecule has 0 aromatic rings. The molecule has 188 valence electrons. The molecule has 4 fully saturated rings. The third-order valence-electron chi connectivity index (χ3n) is 8.92. The van der Waals surface area contributed by atoms with Crippen molar-refractivity contribution in [3.05, 3.63) is 23.3 Å². The first-order chi connectivity index (χ1) is 15.5. The van der Waals surface area contributed by atoms with Crippen molar-refractivity contribution in [2.45, 2.75) is 96.3 Å². The first kappa shape index (κ1) is 25.2. The molecule has 3 saturated carbocycles. The number of hydrogen-bond donors (Lipinski definition) is 2. The molecule has 0 aromatic heterocycles. The average molecular weight is 472 g/mol. The molecule has 0 radical (unpaired) electrons. The van der Waals surface area contributed by atoms with Crippen LogP contribution in [-0.2, 0) is 4.74 Å². The third-order valence-corrected chi connectivity index (χ3v) is 8.92. The van der Waals surface area contributed by atoms with Crippen molar-refractivity contribution in [2.75, 3.05) is 19.6 Å². The molecule has 33 heavy (non-hydrogen) atoms. The zero-order valence-electron chi connectivity index (χ0n) is 20.0. The van der Waals surface area contributed by atoms with Crippen LogP contribution in [0.3, 0.4) is 0 Å². The second-order valence-electron chi connectivity index (χ2n) is 11.3. The average Bonchev–Trinajstić information content (AvgIpc) is 3.03. The summed E-state index contributed by atoms with van der Waals surface area (Å²) in [5.74, 6) is 1.77. The molecule has 1 aliphatic heterocycles. The van der Waals surface area contributed by atoms with E-state index in [-0.39, 0.29) is 5.41 Å². The SMILES string of the molecule is C[C@H](CCN1CC(OC(F)(F)F)C1)[C@H]1CC[C@H]2/C(=C/C=C3C[C@@H](O)C[C@H](O)C3)CCC[C@]12C. The number of allylic oxidation sites excluding steroid dienone is 3. The van der Waals surface area contributed by atoms with E-state index < -0.39 is 24.7 Å². The quantitative estimate of drug-likeness (QED) is 0.559. The highest BCUT2D eigenvalue weighted by Crippen LogP contribution is 2.59. The van der Waals surface area contributed by atoms with Crippen LogP contribution in [0.25, 0.3) is 0 Å². The zero-order valence-corrected chi connectivity index (χ0v) is 20.0. The predicted octanol–water partition coefficient (Wildman–Crippen LogP) is 5.21. The Balaban J connectivity index is 1.32. The molecule has 2 N–H and O–H groups in total. The Hall–Kier alpha value is -0.890. The minimum Gasteiger partial charge on any atom is -0.393 e. The number of alkyl halides is 3. The summed E-state index contributed by atoms with van der Waals surface area (Å²) < 4.78 is 41.1. The smallest absolute Gasteiger partial charge is 0.393 e. The van der Waals surface area contributed by atoms with Gasteiger partial charge < -0.3 is 10.2 Å². The number of nitrogens with zero attached hydrogens (tertiary/aromatic N) is 1. The van der Waals surface area contributed by atoms with Crippen LogP contribution < -0.4 is 0 Å². The van der Waals surface area contributed by atoms with Crippen molar-refractivity contribution in [1.29, 1.82) is 0 Å². The minimum atomic E-state index is -4.53. The monoisotopic (exact) mass is 471 g/mol.